The molecule has 0 radical (unpaired) electrons. The summed E-state index contributed by atoms with van der Waals surface area (Å²) in [5, 5.41) is 10.3. The minimum Gasteiger partial charge on any atom is -0.388 e. The Balaban J connectivity index is 2.25. The molecule has 0 aliphatic carbocycles. The van der Waals surface area contributed by atoms with Crippen LogP contribution in [0.4, 0.5) is 8.78 Å². The standard InChI is InChI=1S/C15H13ClF2O/c1-9-5-12(13(16)8-14(9)18)15(19)7-10-3-2-4-11(17)6-10/h2-6,8,15,19H,7H2,1H3. The van der Waals surface area contributed by atoms with Gasteiger partial charge < -0.3 is 5.11 Å². The van der Waals surface area contributed by atoms with Gasteiger partial charge in [-0.05, 0) is 47.9 Å². The zero-order chi connectivity index (χ0) is 14.0. The summed E-state index contributed by atoms with van der Waals surface area (Å²) >= 11 is 5.92. The van der Waals surface area contributed by atoms with E-state index in [1.165, 1.54) is 24.3 Å². The molecule has 4 heteroatoms. The summed E-state index contributed by atoms with van der Waals surface area (Å²) in [6.45, 7) is 1.60. The molecule has 100 valence electrons. The van der Waals surface area contributed by atoms with Gasteiger partial charge in [-0.2, -0.15) is 0 Å². The van der Waals surface area contributed by atoms with Gasteiger partial charge in [-0.1, -0.05) is 23.7 Å². The van der Waals surface area contributed by atoms with E-state index in [9.17, 15) is 13.9 Å². The first-order valence-electron chi connectivity index (χ1n) is 5.85. The molecule has 0 bridgehead atoms. The van der Waals surface area contributed by atoms with Gasteiger partial charge in [0.1, 0.15) is 11.6 Å². The number of aliphatic hydroxyl groups is 1. The van der Waals surface area contributed by atoms with E-state index in [1.54, 1.807) is 19.1 Å². The highest BCUT2D eigenvalue weighted by atomic mass is 35.5. The van der Waals surface area contributed by atoms with Crippen LogP contribution in [-0.4, -0.2) is 5.11 Å². The summed E-state index contributed by atoms with van der Waals surface area (Å²) < 4.78 is 26.3. The summed E-state index contributed by atoms with van der Waals surface area (Å²) in [7, 11) is 0. The maximum absolute atomic E-state index is 13.3. The molecule has 1 atom stereocenters. The van der Waals surface area contributed by atoms with Crippen molar-refractivity contribution in [3.63, 3.8) is 0 Å². The molecule has 0 aromatic heterocycles. The van der Waals surface area contributed by atoms with Gasteiger partial charge in [0.25, 0.3) is 0 Å². The zero-order valence-corrected chi connectivity index (χ0v) is 11.1. The number of aliphatic hydroxyl groups excluding tert-OH is 1. The van der Waals surface area contributed by atoms with Crippen LogP contribution >= 0.6 is 11.6 Å². The molecule has 2 rings (SSSR count). The summed E-state index contributed by atoms with van der Waals surface area (Å²) in [6, 6.07) is 8.69. The van der Waals surface area contributed by atoms with Gasteiger partial charge in [-0.15, -0.1) is 0 Å². The average Bonchev–Trinajstić information content (AvgIpc) is 2.33. The molecule has 2 aromatic rings. The largest absolute Gasteiger partial charge is 0.388 e. The van der Waals surface area contributed by atoms with Crippen LogP contribution in [0.5, 0.6) is 0 Å². The fourth-order valence-electron chi connectivity index (χ4n) is 1.93. The Kier molecular flexibility index (Phi) is 4.17. The highest BCUT2D eigenvalue weighted by molar-refractivity contribution is 6.31. The highest BCUT2D eigenvalue weighted by Gasteiger charge is 2.15. The lowest BCUT2D eigenvalue weighted by Gasteiger charge is -2.14. The van der Waals surface area contributed by atoms with E-state index >= 15 is 0 Å². The summed E-state index contributed by atoms with van der Waals surface area (Å²) in [4.78, 5) is 0. The van der Waals surface area contributed by atoms with Gasteiger partial charge >= 0.3 is 0 Å². The van der Waals surface area contributed by atoms with Crippen LogP contribution in [0, 0.1) is 18.6 Å². The van der Waals surface area contributed by atoms with Crippen LogP contribution in [0.1, 0.15) is 22.8 Å². The summed E-state index contributed by atoms with van der Waals surface area (Å²) in [5.74, 6) is -0.766. The number of aryl methyl sites for hydroxylation is 1. The quantitative estimate of drug-likeness (QED) is 0.894. The number of benzene rings is 2. The summed E-state index contributed by atoms with van der Waals surface area (Å²) in [5.41, 5.74) is 1.52. The Morgan fingerprint density at radius 1 is 1.21 bits per heavy atom. The smallest absolute Gasteiger partial charge is 0.127 e. The van der Waals surface area contributed by atoms with Crippen LogP contribution in [-0.2, 0) is 6.42 Å². The Hall–Kier alpha value is -1.45. The maximum atomic E-state index is 13.3. The van der Waals surface area contributed by atoms with Crippen LogP contribution in [0.15, 0.2) is 36.4 Å². The number of halogens is 3. The highest BCUT2D eigenvalue weighted by Crippen LogP contribution is 2.28. The molecule has 0 amide bonds. The molecule has 0 heterocycles. The van der Waals surface area contributed by atoms with Gasteiger partial charge in [-0.25, -0.2) is 8.78 Å². The third-order valence-corrected chi connectivity index (χ3v) is 3.28. The number of hydrogen-bond acceptors (Lipinski definition) is 1. The van der Waals surface area contributed by atoms with E-state index in [2.05, 4.69) is 0 Å². The fraction of sp³-hybridized carbons (Fsp3) is 0.200. The van der Waals surface area contributed by atoms with Crippen molar-refractivity contribution < 1.29 is 13.9 Å². The van der Waals surface area contributed by atoms with E-state index in [0.717, 1.165) is 0 Å². The van der Waals surface area contributed by atoms with Crippen molar-refractivity contribution in [2.75, 3.05) is 0 Å². The minimum atomic E-state index is -0.895. The van der Waals surface area contributed by atoms with Crippen molar-refractivity contribution in [3.05, 3.63) is 69.7 Å². The molecule has 1 N–H and O–H groups in total. The third kappa shape index (κ3) is 3.31. The van der Waals surface area contributed by atoms with Gasteiger partial charge in [0.2, 0.25) is 0 Å². The molecule has 1 nitrogen and oxygen atoms in total. The summed E-state index contributed by atoms with van der Waals surface area (Å²) in [6.07, 6.45) is -0.670. The maximum Gasteiger partial charge on any atom is 0.127 e. The number of hydrogen-bond donors (Lipinski definition) is 1. The Labute approximate surface area is 115 Å². The van der Waals surface area contributed by atoms with Crippen molar-refractivity contribution in [2.45, 2.75) is 19.4 Å². The average molecular weight is 283 g/mol. The van der Waals surface area contributed by atoms with Gasteiger partial charge in [-0.3, -0.25) is 0 Å². The Morgan fingerprint density at radius 3 is 2.63 bits per heavy atom. The van der Waals surface area contributed by atoms with Crippen LogP contribution in [0.25, 0.3) is 0 Å². The Morgan fingerprint density at radius 2 is 1.95 bits per heavy atom. The number of rotatable bonds is 3. The van der Waals surface area contributed by atoms with E-state index < -0.39 is 11.9 Å². The first-order chi connectivity index (χ1) is 8.97. The Bertz CT molecular complexity index is 599. The lowest BCUT2D eigenvalue weighted by atomic mass is 9.99. The third-order valence-electron chi connectivity index (χ3n) is 2.96. The molecule has 1 unspecified atom stereocenters. The zero-order valence-electron chi connectivity index (χ0n) is 10.3. The fourth-order valence-corrected chi connectivity index (χ4v) is 2.21. The monoisotopic (exact) mass is 282 g/mol. The molecule has 0 fully saturated rings. The van der Waals surface area contributed by atoms with Crippen LogP contribution < -0.4 is 0 Å². The lowest BCUT2D eigenvalue weighted by Crippen LogP contribution is -2.04. The van der Waals surface area contributed by atoms with E-state index in [4.69, 9.17) is 11.6 Å². The SMILES string of the molecule is Cc1cc(C(O)Cc2cccc(F)c2)c(Cl)cc1F. The molecule has 0 spiro atoms. The van der Waals surface area contributed by atoms with Gasteiger partial charge in [0.05, 0.1) is 6.10 Å². The molecule has 0 saturated carbocycles. The van der Waals surface area contributed by atoms with Crippen LogP contribution in [0.2, 0.25) is 5.02 Å². The van der Waals surface area contributed by atoms with Crippen molar-refractivity contribution in [1.82, 2.24) is 0 Å². The second kappa shape index (κ2) is 5.68. The molecule has 0 aliphatic heterocycles. The van der Waals surface area contributed by atoms with Crippen molar-refractivity contribution >= 4 is 11.6 Å². The minimum absolute atomic E-state index is 0.173. The van der Waals surface area contributed by atoms with Crippen molar-refractivity contribution in [2.24, 2.45) is 0 Å². The van der Waals surface area contributed by atoms with Crippen molar-refractivity contribution in [1.29, 1.82) is 0 Å². The van der Waals surface area contributed by atoms with Gasteiger partial charge in [0, 0.05) is 11.4 Å². The lowest BCUT2D eigenvalue weighted by molar-refractivity contribution is 0.178. The molecule has 19 heavy (non-hydrogen) atoms. The second-order valence-electron chi connectivity index (χ2n) is 4.47. The topological polar surface area (TPSA) is 20.2 Å². The van der Waals surface area contributed by atoms with E-state index in [1.807, 2.05) is 0 Å². The molecule has 0 saturated heterocycles. The molecular formula is C15H13ClF2O. The molecule has 2 aromatic carbocycles. The van der Waals surface area contributed by atoms with Gasteiger partial charge in [0.15, 0.2) is 0 Å². The molecule has 0 aliphatic rings. The predicted molar refractivity (Wildman–Crippen MR) is 71.2 cm³/mol. The first kappa shape index (κ1) is 14.0. The normalized spacial score (nSPS) is 12.5. The van der Waals surface area contributed by atoms with E-state index in [-0.39, 0.29) is 17.3 Å². The van der Waals surface area contributed by atoms with Crippen LogP contribution in [0.3, 0.4) is 0 Å². The van der Waals surface area contributed by atoms with E-state index in [0.29, 0.717) is 16.7 Å². The second-order valence-corrected chi connectivity index (χ2v) is 4.88. The molecular weight excluding hydrogens is 270 g/mol. The predicted octanol–water partition coefficient (Wildman–Crippen LogP) is 4.20. The van der Waals surface area contributed by atoms with Crippen molar-refractivity contribution in [3.8, 4) is 0 Å². The first-order valence-corrected chi connectivity index (χ1v) is 6.23.